The Labute approximate surface area is 226 Å². The third kappa shape index (κ3) is 6.49. The van der Waals surface area contributed by atoms with Crippen LogP contribution < -0.4 is 0 Å². The zero-order chi connectivity index (χ0) is 27.0. The first-order valence-corrected chi connectivity index (χ1v) is 13.2. The van der Waals surface area contributed by atoms with E-state index in [0.29, 0.717) is 6.42 Å². The molecule has 196 valence electrons. The van der Waals surface area contributed by atoms with E-state index in [0.717, 1.165) is 40.7 Å². The quantitative estimate of drug-likeness (QED) is 0.212. The van der Waals surface area contributed by atoms with Gasteiger partial charge in [-0.05, 0) is 60.8 Å². The topological polar surface area (TPSA) is 52.6 Å². The molecular weight excluding hydrogens is 472 g/mol. The summed E-state index contributed by atoms with van der Waals surface area (Å²) in [4.78, 5) is 27.2. The van der Waals surface area contributed by atoms with Gasteiger partial charge in [0.2, 0.25) is 0 Å². The Kier molecular flexibility index (Phi) is 8.96. The molecule has 1 fully saturated rings. The molecule has 3 aromatic rings. The van der Waals surface area contributed by atoms with Crippen LogP contribution in [0.3, 0.4) is 0 Å². The number of rotatable bonds is 10. The van der Waals surface area contributed by atoms with E-state index in [1.54, 1.807) is 0 Å². The SMILES string of the molecule is C=C(CCc1ccccc1)/C(C)=C1\CC(C(=O)OCc2ccccc2)(C(=O)OCc2ccccc2)CC1C. The Morgan fingerprint density at radius 1 is 0.789 bits per heavy atom. The summed E-state index contributed by atoms with van der Waals surface area (Å²) in [5.74, 6) is -1.02. The Morgan fingerprint density at radius 3 is 1.71 bits per heavy atom. The van der Waals surface area contributed by atoms with Crippen molar-refractivity contribution in [2.24, 2.45) is 11.3 Å². The molecule has 0 aromatic heterocycles. The highest BCUT2D eigenvalue weighted by Gasteiger charge is 2.55. The van der Waals surface area contributed by atoms with Crippen molar-refractivity contribution in [1.82, 2.24) is 0 Å². The minimum atomic E-state index is -1.38. The van der Waals surface area contributed by atoms with Crippen LogP contribution in [-0.4, -0.2) is 11.9 Å². The number of aryl methyl sites for hydroxylation is 1. The molecule has 4 rings (SSSR count). The predicted molar refractivity (Wildman–Crippen MR) is 150 cm³/mol. The van der Waals surface area contributed by atoms with Crippen LogP contribution in [0.2, 0.25) is 0 Å². The van der Waals surface area contributed by atoms with Gasteiger partial charge in [-0.15, -0.1) is 0 Å². The molecule has 0 N–H and O–H groups in total. The van der Waals surface area contributed by atoms with Crippen molar-refractivity contribution in [1.29, 1.82) is 0 Å². The minimum Gasteiger partial charge on any atom is -0.460 e. The van der Waals surface area contributed by atoms with Gasteiger partial charge in [-0.1, -0.05) is 116 Å². The predicted octanol–water partition coefficient (Wildman–Crippen LogP) is 7.40. The molecule has 0 heterocycles. The highest BCUT2D eigenvalue weighted by Crippen LogP contribution is 2.49. The van der Waals surface area contributed by atoms with Gasteiger partial charge in [0, 0.05) is 0 Å². The molecule has 1 aliphatic rings. The maximum absolute atomic E-state index is 13.6. The fraction of sp³-hybridized carbons (Fsp3) is 0.294. The van der Waals surface area contributed by atoms with Crippen LogP contribution in [-0.2, 0) is 38.7 Å². The third-order valence-electron chi connectivity index (χ3n) is 7.52. The van der Waals surface area contributed by atoms with Crippen molar-refractivity contribution >= 4 is 11.9 Å². The van der Waals surface area contributed by atoms with Gasteiger partial charge >= 0.3 is 11.9 Å². The first kappa shape index (κ1) is 27.1. The lowest BCUT2D eigenvalue weighted by atomic mass is 9.84. The zero-order valence-corrected chi connectivity index (χ0v) is 22.3. The lowest BCUT2D eigenvalue weighted by molar-refractivity contribution is -0.174. The largest absolute Gasteiger partial charge is 0.460 e. The summed E-state index contributed by atoms with van der Waals surface area (Å²) in [6.07, 6.45) is 2.34. The summed E-state index contributed by atoms with van der Waals surface area (Å²) in [6.45, 7) is 8.70. The van der Waals surface area contributed by atoms with Crippen molar-refractivity contribution in [3.8, 4) is 0 Å². The second-order valence-corrected chi connectivity index (χ2v) is 10.2. The van der Waals surface area contributed by atoms with Crippen LogP contribution >= 0.6 is 0 Å². The van der Waals surface area contributed by atoms with Crippen LogP contribution in [0.4, 0.5) is 0 Å². The van der Waals surface area contributed by atoms with Gasteiger partial charge in [-0.2, -0.15) is 0 Å². The molecule has 1 aliphatic carbocycles. The molecule has 3 aromatic carbocycles. The molecule has 0 radical (unpaired) electrons. The highest BCUT2D eigenvalue weighted by molar-refractivity contribution is 6.01. The maximum Gasteiger partial charge on any atom is 0.324 e. The normalized spacial score (nSPS) is 17.5. The van der Waals surface area contributed by atoms with E-state index in [1.807, 2.05) is 78.9 Å². The zero-order valence-electron chi connectivity index (χ0n) is 22.3. The number of carbonyl (C=O) groups is 2. The molecular formula is C34H36O4. The van der Waals surface area contributed by atoms with Crippen molar-refractivity contribution in [3.05, 3.63) is 131 Å². The molecule has 0 bridgehead atoms. The first-order valence-electron chi connectivity index (χ1n) is 13.2. The van der Waals surface area contributed by atoms with Gasteiger partial charge in [0.25, 0.3) is 0 Å². The molecule has 4 nitrogen and oxygen atoms in total. The van der Waals surface area contributed by atoms with Gasteiger partial charge in [0.05, 0.1) is 0 Å². The summed E-state index contributed by atoms with van der Waals surface area (Å²) >= 11 is 0. The first-order chi connectivity index (χ1) is 18.4. The van der Waals surface area contributed by atoms with Crippen LogP contribution in [0.15, 0.2) is 114 Å². The molecule has 1 unspecified atom stereocenters. The number of carbonyl (C=O) groups excluding carboxylic acids is 2. The minimum absolute atomic E-state index is 0.0250. The summed E-state index contributed by atoms with van der Waals surface area (Å²) in [5.41, 5.74) is 4.82. The molecule has 0 amide bonds. The average molecular weight is 509 g/mol. The second-order valence-electron chi connectivity index (χ2n) is 10.2. The van der Waals surface area contributed by atoms with Gasteiger partial charge < -0.3 is 9.47 Å². The lowest BCUT2D eigenvalue weighted by Crippen LogP contribution is -2.40. The smallest absolute Gasteiger partial charge is 0.324 e. The van der Waals surface area contributed by atoms with Crippen LogP contribution in [0.1, 0.15) is 49.8 Å². The van der Waals surface area contributed by atoms with Gasteiger partial charge in [-0.25, -0.2) is 0 Å². The standard InChI is InChI=1S/C34H36O4/c1-25(19-20-28-13-7-4-8-14-28)27(3)31-22-34(21-26(31)2,32(35)37-23-29-15-9-5-10-16-29)33(36)38-24-30-17-11-6-12-18-30/h4-18,26H,1,19-24H2,2-3H3/b31-27+. The van der Waals surface area contributed by atoms with Crippen LogP contribution in [0, 0.1) is 11.3 Å². The van der Waals surface area contributed by atoms with E-state index in [2.05, 4.69) is 32.6 Å². The molecule has 1 saturated carbocycles. The molecule has 38 heavy (non-hydrogen) atoms. The monoisotopic (exact) mass is 508 g/mol. The number of ether oxygens (including phenoxy) is 2. The fourth-order valence-electron chi connectivity index (χ4n) is 5.19. The molecule has 0 aliphatic heterocycles. The van der Waals surface area contributed by atoms with Gasteiger partial charge in [0.15, 0.2) is 5.41 Å². The van der Waals surface area contributed by atoms with Gasteiger partial charge in [-0.3, -0.25) is 9.59 Å². The van der Waals surface area contributed by atoms with Crippen LogP contribution in [0.25, 0.3) is 0 Å². The van der Waals surface area contributed by atoms with Crippen molar-refractivity contribution < 1.29 is 19.1 Å². The lowest BCUT2D eigenvalue weighted by Gasteiger charge is -2.25. The summed E-state index contributed by atoms with van der Waals surface area (Å²) < 4.78 is 11.5. The number of hydrogen-bond donors (Lipinski definition) is 0. The van der Waals surface area contributed by atoms with E-state index in [-0.39, 0.29) is 25.6 Å². The second kappa shape index (κ2) is 12.6. The molecule has 0 saturated heterocycles. The van der Waals surface area contributed by atoms with Crippen molar-refractivity contribution in [3.63, 3.8) is 0 Å². The molecule has 0 spiro atoms. The van der Waals surface area contributed by atoms with Crippen molar-refractivity contribution in [2.45, 2.75) is 52.7 Å². The Morgan fingerprint density at radius 2 is 1.24 bits per heavy atom. The summed E-state index contributed by atoms with van der Waals surface area (Å²) in [7, 11) is 0. The van der Waals surface area contributed by atoms with E-state index in [1.165, 1.54) is 5.56 Å². The Hall–Kier alpha value is -3.92. The summed E-state index contributed by atoms with van der Waals surface area (Å²) in [5, 5.41) is 0. The number of esters is 2. The van der Waals surface area contributed by atoms with Crippen molar-refractivity contribution in [2.75, 3.05) is 0 Å². The number of hydrogen-bond acceptors (Lipinski definition) is 4. The Balaban J connectivity index is 1.54. The van der Waals surface area contributed by atoms with E-state index >= 15 is 0 Å². The maximum atomic E-state index is 13.6. The highest BCUT2D eigenvalue weighted by atomic mass is 16.6. The number of allylic oxidation sites excluding steroid dienone is 3. The molecule has 4 heteroatoms. The van der Waals surface area contributed by atoms with Gasteiger partial charge in [0.1, 0.15) is 13.2 Å². The average Bonchev–Trinajstić information content (AvgIpc) is 3.32. The fourth-order valence-corrected chi connectivity index (χ4v) is 5.19. The number of benzene rings is 3. The van der Waals surface area contributed by atoms with E-state index < -0.39 is 17.4 Å². The third-order valence-corrected chi connectivity index (χ3v) is 7.52. The molecule has 1 atom stereocenters. The summed E-state index contributed by atoms with van der Waals surface area (Å²) in [6, 6.07) is 29.3. The van der Waals surface area contributed by atoms with E-state index in [9.17, 15) is 9.59 Å². The Bertz CT molecular complexity index is 1220. The van der Waals surface area contributed by atoms with Crippen LogP contribution in [0.5, 0.6) is 0 Å². The van der Waals surface area contributed by atoms with E-state index in [4.69, 9.17) is 9.47 Å².